The van der Waals surface area contributed by atoms with E-state index >= 15 is 0 Å². The first-order chi connectivity index (χ1) is 13.9. The summed E-state index contributed by atoms with van der Waals surface area (Å²) in [5.41, 5.74) is 8.62. The monoisotopic (exact) mass is 483 g/mol. The van der Waals surface area contributed by atoms with Crippen molar-refractivity contribution < 1.29 is 13.2 Å². The van der Waals surface area contributed by atoms with Crippen LogP contribution in [0.3, 0.4) is 0 Å². The van der Waals surface area contributed by atoms with Crippen LogP contribution in [0.1, 0.15) is 32.0 Å². The van der Waals surface area contributed by atoms with E-state index < -0.39 is 10.0 Å². The van der Waals surface area contributed by atoms with E-state index in [0.717, 1.165) is 39.6 Å². The highest BCUT2D eigenvalue weighted by molar-refractivity contribution is 9.10. The summed E-state index contributed by atoms with van der Waals surface area (Å²) in [4.78, 5) is 9.21. The van der Waals surface area contributed by atoms with Crippen LogP contribution in [-0.2, 0) is 27.9 Å². The molecule has 0 saturated heterocycles. The molecule has 0 atom stereocenters. The number of ether oxygens (including phenoxy) is 1. The average Bonchev–Trinajstić information content (AvgIpc) is 3.05. The number of sulfonamides is 1. The van der Waals surface area contributed by atoms with Gasteiger partial charge in [-0.2, -0.15) is 0 Å². The lowest BCUT2D eigenvalue weighted by atomic mass is 10.2. The molecule has 0 aliphatic rings. The van der Waals surface area contributed by atoms with Crippen LogP contribution >= 0.6 is 15.9 Å². The van der Waals surface area contributed by atoms with E-state index in [2.05, 4.69) is 30.2 Å². The van der Waals surface area contributed by atoms with Gasteiger partial charge in [0, 0.05) is 23.0 Å². The SMILES string of the molecule is CCOCc1nc2c(N)nc3cc(Br)ccc3c2n1CCCCCS(=O)(=O)NC. The summed E-state index contributed by atoms with van der Waals surface area (Å²) in [6.45, 7) is 3.62. The maximum absolute atomic E-state index is 11.6. The Labute approximate surface area is 179 Å². The molecule has 0 amide bonds. The van der Waals surface area contributed by atoms with E-state index in [-0.39, 0.29) is 5.75 Å². The summed E-state index contributed by atoms with van der Waals surface area (Å²) in [5, 5.41) is 0.977. The minimum atomic E-state index is -3.17. The van der Waals surface area contributed by atoms with Gasteiger partial charge in [-0.1, -0.05) is 22.4 Å². The molecule has 158 valence electrons. The van der Waals surface area contributed by atoms with E-state index in [1.54, 1.807) is 0 Å². The zero-order valence-electron chi connectivity index (χ0n) is 16.6. The number of fused-ring (bicyclic) bond motifs is 3. The maximum atomic E-state index is 11.6. The number of hydrogen-bond acceptors (Lipinski definition) is 6. The molecule has 2 aromatic heterocycles. The second kappa shape index (κ2) is 9.38. The summed E-state index contributed by atoms with van der Waals surface area (Å²) < 4.78 is 34.2. The standard InChI is InChI=1S/C19H26BrN5O3S/c1-3-28-12-16-24-17-18(14-8-7-13(20)11-15(14)23-19(17)21)25(16)9-5-4-6-10-29(26,27)22-2/h7-8,11,22H,3-6,9-10,12H2,1-2H3,(H2,21,23). The second-order valence-electron chi connectivity index (χ2n) is 6.76. The third-order valence-electron chi connectivity index (χ3n) is 4.79. The molecule has 0 spiro atoms. The van der Waals surface area contributed by atoms with Gasteiger partial charge in [0.1, 0.15) is 17.9 Å². The number of halogens is 1. The molecule has 3 N–H and O–H groups in total. The van der Waals surface area contributed by atoms with E-state index in [4.69, 9.17) is 15.5 Å². The first-order valence-electron chi connectivity index (χ1n) is 9.59. The number of nitrogens with one attached hydrogen (secondary N) is 1. The van der Waals surface area contributed by atoms with Crippen LogP contribution in [0.25, 0.3) is 21.9 Å². The van der Waals surface area contributed by atoms with Gasteiger partial charge in [0.25, 0.3) is 0 Å². The minimum absolute atomic E-state index is 0.133. The van der Waals surface area contributed by atoms with Gasteiger partial charge in [0.05, 0.1) is 16.8 Å². The summed E-state index contributed by atoms with van der Waals surface area (Å²) in [6, 6.07) is 5.92. The maximum Gasteiger partial charge on any atom is 0.211 e. The van der Waals surface area contributed by atoms with Crippen molar-refractivity contribution in [2.24, 2.45) is 0 Å². The fourth-order valence-corrected chi connectivity index (χ4v) is 4.45. The summed E-state index contributed by atoms with van der Waals surface area (Å²) >= 11 is 3.48. The first kappa shape index (κ1) is 21.9. The molecule has 2 heterocycles. The lowest BCUT2D eigenvalue weighted by Crippen LogP contribution is -2.21. The number of pyridine rings is 1. The Morgan fingerprint density at radius 3 is 2.76 bits per heavy atom. The molecule has 29 heavy (non-hydrogen) atoms. The lowest BCUT2D eigenvalue weighted by Gasteiger charge is -2.11. The fraction of sp³-hybridized carbons (Fsp3) is 0.474. The Kier molecular flexibility index (Phi) is 7.10. The molecule has 0 radical (unpaired) electrons. The van der Waals surface area contributed by atoms with E-state index in [1.165, 1.54) is 7.05 Å². The van der Waals surface area contributed by atoms with Crippen LogP contribution in [0.4, 0.5) is 5.82 Å². The predicted molar refractivity (Wildman–Crippen MR) is 119 cm³/mol. The normalized spacial score (nSPS) is 12.2. The molecule has 3 rings (SSSR count). The fourth-order valence-electron chi connectivity index (χ4n) is 3.32. The number of nitrogens with two attached hydrogens (primary N) is 1. The van der Waals surface area contributed by atoms with Crippen molar-refractivity contribution in [2.75, 3.05) is 25.1 Å². The Hall–Kier alpha value is -1.75. The van der Waals surface area contributed by atoms with Gasteiger partial charge in [-0.05, 0) is 45.0 Å². The second-order valence-corrected chi connectivity index (χ2v) is 9.72. The number of hydrogen-bond donors (Lipinski definition) is 2. The largest absolute Gasteiger partial charge is 0.382 e. The molecule has 0 saturated carbocycles. The highest BCUT2D eigenvalue weighted by Crippen LogP contribution is 2.31. The van der Waals surface area contributed by atoms with Gasteiger partial charge in [-0.15, -0.1) is 0 Å². The number of imidazole rings is 1. The smallest absolute Gasteiger partial charge is 0.211 e. The molecule has 10 heteroatoms. The molecule has 0 aliphatic carbocycles. The van der Waals surface area contributed by atoms with Crippen molar-refractivity contribution in [3.05, 3.63) is 28.5 Å². The number of unbranched alkanes of at least 4 members (excludes halogenated alkanes) is 2. The number of benzene rings is 1. The number of rotatable bonds is 10. The van der Waals surface area contributed by atoms with E-state index in [0.29, 0.717) is 37.5 Å². The number of nitrogen functional groups attached to an aromatic ring is 1. The van der Waals surface area contributed by atoms with Crippen molar-refractivity contribution in [1.29, 1.82) is 0 Å². The molecular weight excluding hydrogens is 458 g/mol. The topological polar surface area (TPSA) is 112 Å². The van der Waals surface area contributed by atoms with Gasteiger partial charge >= 0.3 is 0 Å². The molecule has 8 nitrogen and oxygen atoms in total. The van der Waals surface area contributed by atoms with E-state index in [9.17, 15) is 8.42 Å². The van der Waals surface area contributed by atoms with Crippen LogP contribution in [0, 0.1) is 0 Å². The Bertz CT molecular complexity index is 1110. The van der Waals surface area contributed by atoms with Crippen LogP contribution < -0.4 is 10.5 Å². The number of anilines is 1. The Balaban J connectivity index is 1.93. The molecule has 0 bridgehead atoms. The molecule has 3 aromatic rings. The third kappa shape index (κ3) is 5.06. The van der Waals surface area contributed by atoms with Crippen LogP contribution in [0.15, 0.2) is 22.7 Å². The molecule has 1 aromatic carbocycles. The third-order valence-corrected chi connectivity index (χ3v) is 6.73. The van der Waals surface area contributed by atoms with Gasteiger partial charge in [-0.25, -0.2) is 23.1 Å². The van der Waals surface area contributed by atoms with Crippen molar-refractivity contribution in [2.45, 2.75) is 39.3 Å². The predicted octanol–water partition coefficient (Wildman–Crippen LogP) is 3.19. The summed E-state index contributed by atoms with van der Waals surface area (Å²) in [6.07, 6.45) is 2.22. The number of aryl methyl sites for hydroxylation is 1. The van der Waals surface area contributed by atoms with Gasteiger partial charge < -0.3 is 15.0 Å². The minimum Gasteiger partial charge on any atom is -0.382 e. The quantitative estimate of drug-likeness (QED) is 0.428. The molecule has 0 unspecified atom stereocenters. The first-order valence-corrected chi connectivity index (χ1v) is 12.0. The van der Waals surface area contributed by atoms with Crippen molar-refractivity contribution >= 4 is 53.7 Å². The van der Waals surface area contributed by atoms with Gasteiger partial charge in [0.15, 0.2) is 5.82 Å². The lowest BCUT2D eigenvalue weighted by molar-refractivity contribution is 0.126. The molecule has 0 aliphatic heterocycles. The van der Waals surface area contributed by atoms with E-state index in [1.807, 2.05) is 25.1 Å². The Morgan fingerprint density at radius 2 is 2.03 bits per heavy atom. The zero-order chi connectivity index (χ0) is 21.0. The summed E-state index contributed by atoms with van der Waals surface area (Å²) in [5.74, 6) is 1.32. The van der Waals surface area contributed by atoms with Gasteiger partial charge in [-0.3, -0.25) is 0 Å². The van der Waals surface area contributed by atoms with Crippen molar-refractivity contribution in [1.82, 2.24) is 19.3 Å². The van der Waals surface area contributed by atoms with Crippen molar-refractivity contribution in [3.8, 4) is 0 Å². The summed E-state index contributed by atoms with van der Waals surface area (Å²) in [7, 11) is -1.73. The zero-order valence-corrected chi connectivity index (χ0v) is 19.0. The van der Waals surface area contributed by atoms with Crippen LogP contribution in [0.2, 0.25) is 0 Å². The molecular formula is C19H26BrN5O3S. The van der Waals surface area contributed by atoms with Crippen LogP contribution in [0.5, 0.6) is 0 Å². The van der Waals surface area contributed by atoms with Crippen LogP contribution in [-0.4, -0.2) is 42.4 Å². The highest BCUT2D eigenvalue weighted by atomic mass is 79.9. The van der Waals surface area contributed by atoms with Gasteiger partial charge in [0.2, 0.25) is 10.0 Å². The molecule has 0 fully saturated rings. The highest BCUT2D eigenvalue weighted by Gasteiger charge is 2.17. The Morgan fingerprint density at radius 1 is 1.24 bits per heavy atom. The van der Waals surface area contributed by atoms with Crippen molar-refractivity contribution in [3.63, 3.8) is 0 Å². The average molecular weight is 484 g/mol. The number of nitrogens with zero attached hydrogens (tertiary/aromatic N) is 3. The number of aromatic nitrogens is 3.